The third-order valence-electron chi connectivity index (χ3n) is 4.29. The SMILES string of the molecule is CC.CC.Cc1ccc(-c2nc(-c3ccccc3)nc(-c3ccc(C)cc3)n2)cc1. The zero-order valence-electron chi connectivity index (χ0n) is 18.8. The second-order valence-electron chi connectivity index (χ2n) is 6.40. The molecule has 1 heterocycles. The number of rotatable bonds is 3. The van der Waals surface area contributed by atoms with Gasteiger partial charge in [-0.15, -0.1) is 0 Å². The third-order valence-corrected chi connectivity index (χ3v) is 4.29. The first-order valence-corrected chi connectivity index (χ1v) is 10.6. The Hall–Kier alpha value is -3.33. The Morgan fingerprint density at radius 3 is 1.03 bits per heavy atom. The van der Waals surface area contributed by atoms with Gasteiger partial charge >= 0.3 is 0 Å². The molecule has 4 aromatic rings. The summed E-state index contributed by atoms with van der Waals surface area (Å²) < 4.78 is 0. The molecule has 0 radical (unpaired) electrons. The molecule has 3 aromatic carbocycles. The van der Waals surface area contributed by atoms with Crippen LogP contribution in [0.15, 0.2) is 78.9 Å². The number of aromatic nitrogens is 3. The number of nitrogens with zero attached hydrogens (tertiary/aromatic N) is 3. The molecule has 4 rings (SSSR count). The molecule has 0 saturated heterocycles. The molecule has 0 fully saturated rings. The van der Waals surface area contributed by atoms with E-state index in [-0.39, 0.29) is 0 Å². The first-order chi connectivity index (χ1) is 14.7. The molecule has 154 valence electrons. The van der Waals surface area contributed by atoms with Gasteiger partial charge in [0.15, 0.2) is 17.5 Å². The summed E-state index contributed by atoms with van der Waals surface area (Å²) in [6.45, 7) is 12.1. The molecular weight excluding hydrogens is 366 g/mol. The molecule has 3 heteroatoms. The van der Waals surface area contributed by atoms with E-state index in [1.54, 1.807) is 0 Å². The Kier molecular flexibility index (Phi) is 8.89. The topological polar surface area (TPSA) is 38.7 Å². The van der Waals surface area contributed by atoms with Crippen LogP contribution in [0.4, 0.5) is 0 Å². The second kappa shape index (κ2) is 11.6. The van der Waals surface area contributed by atoms with Crippen LogP contribution in [0.2, 0.25) is 0 Å². The molecule has 0 saturated carbocycles. The maximum atomic E-state index is 4.74. The van der Waals surface area contributed by atoms with E-state index in [2.05, 4.69) is 62.4 Å². The summed E-state index contributed by atoms with van der Waals surface area (Å²) in [6, 6.07) is 26.5. The van der Waals surface area contributed by atoms with Crippen molar-refractivity contribution in [2.45, 2.75) is 41.5 Å². The number of aryl methyl sites for hydroxylation is 2. The predicted molar refractivity (Wildman–Crippen MR) is 128 cm³/mol. The van der Waals surface area contributed by atoms with Crippen LogP contribution in [-0.4, -0.2) is 15.0 Å². The normalized spacial score (nSPS) is 9.67. The molecule has 0 bridgehead atoms. The van der Waals surface area contributed by atoms with Crippen LogP contribution in [0.5, 0.6) is 0 Å². The van der Waals surface area contributed by atoms with Gasteiger partial charge in [-0.2, -0.15) is 0 Å². The molecule has 0 spiro atoms. The van der Waals surface area contributed by atoms with E-state index in [4.69, 9.17) is 15.0 Å². The smallest absolute Gasteiger partial charge is 0.164 e. The zero-order valence-corrected chi connectivity index (χ0v) is 18.8. The fraction of sp³-hybridized carbons (Fsp3) is 0.222. The summed E-state index contributed by atoms with van der Waals surface area (Å²) in [7, 11) is 0. The summed E-state index contributed by atoms with van der Waals surface area (Å²) in [5.74, 6) is 2.07. The quantitative estimate of drug-likeness (QED) is 0.358. The lowest BCUT2D eigenvalue weighted by Gasteiger charge is -2.08. The standard InChI is InChI=1S/C23H19N3.2C2H6/c1-16-8-12-19(13-9-16)22-24-21(18-6-4-3-5-7-18)25-23(26-22)20-14-10-17(2)11-15-20;2*1-2/h3-15H,1-2H3;2*1-2H3. The zero-order chi connectivity index (χ0) is 21.9. The molecule has 1 aromatic heterocycles. The van der Waals surface area contributed by atoms with E-state index < -0.39 is 0 Å². The van der Waals surface area contributed by atoms with Crippen LogP contribution in [-0.2, 0) is 0 Å². The van der Waals surface area contributed by atoms with Crippen molar-refractivity contribution >= 4 is 0 Å². The molecular formula is C27H31N3. The molecule has 0 aliphatic carbocycles. The van der Waals surface area contributed by atoms with E-state index in [0.717, 1.165) is 16.7 Å². The third kappa shape index (κ3) is 5.84. The van der Waals surface area contributed by atoms with Gasteiger partial charge in [0.1, 0.15) is 0 Å². The number of benzene rings is 3. The highest BCUT2D eigenvalue weighted by atomic mass is 15.0. The van der Waals surface area contributed by atoms with Crippen molar-refractivity contribution in [3.05, 3.63) is 90.0 Å². The van der Waals surface area contributed by atoms with Crippen LogP contribution >= 0.6 is 0 Å². The van der Waals surface area contributed by atoms with Gasteiger partial charge in [0.05, 0.1) is 0 Å². The lowest BCUT2D eigenvalue weighted by molar-refractivity contribution is 1.07. The van der Waals surface area contributed by atoms with Gasteiger partial charge in [-0.25, -0.2) is 15.0 Å². The molecule has 0 amide bonds. The van der Waals surface area contributed by atoms with E-state index >= 15 is 0 Å². The monoisotopic (exact) mass is 397 g/mol. The van der Waals surface area contributed by atoms with Crippen molar-refractivity contribution < 1.29 is 0 Å². The van der Waals surface area contributed by atoms with Crippen LogP contribution in [0.3, 0.4) is 0 Å². The van der Waals surface area contributed by atoms with E-state index in [1.165, 1.54) is 11.1 Å². The molecule has 3 nitrogen and oxygen atoms in total. The van der Waals surface area contributed by atoms with Gasteiger partial charge in [-0.3, -0.25) is 0 Å². The molecule has 0 atom stereocenters. The molecule has 30 heavy (non-hydrogen) atoms. The predicted octanol–water partition coefficient (Wildman–Crippen LogP) is 7.54. The van der Waals surface area contributed by atoms with Gasteiger partial charge in [-0.1, -0.05) is 118 Å². The highest BCUT2D eigenvalue weighted by molar-refractivity contribution is 5.66. The van der Waals surface area contributed by atoms with Crippen molar-refractivity contribution in [3.8, 4) is 34.2 Å². The lowest BCUT2D eigenvalue weighted by Crippen LogP contribution is -2.00. The highest BCUT2D eigenvalue weighted by Crippen LogP contribution is 2.24. The van der Waals surface area contributed by atoms with Crippen molar-refractivity contribution in [1.29, 1.82) is 0 Å². The van der Waals surface area contributed by atoms with E-state index in [0.29, 0.717) is 17.5 Å². The van der Waals surface area contributed by atoms with Crippen LogP contribution in [0.25, 0.3) is 34.2 Å². The van der Waals surface area contributed by atoms with Crippen molar-refractivity contribution in [2.75, 3.05) is 0 Å². The Bertz CT molecular complexity index is 958. The fourth-order valence-corrected chi connectivity index (χ4v) is 2.76. The summed E-state index contributed by atoms with van der Waals surface area (Å²) in [5.41, 5.74) is 5.39. The molecule has 0 aliphatic heterocycles. The molecule has 0 aliphatic rings. The van der Waals surface area contributed by atoms with Gasteiger partial charge in [0, 0.05) is 16.7 Å². The van der Waals surface area contributed by atoms with E-state index in [1.807, 2.05) is 58.0 Å². The largest absolute Gasteiger partial charge is 0.208 e. The fourth-order valence-electron chi connectivity index (χ4n) is 2.76. The van der Waals surface area contributed by atoms with Crippen molar-refractivity contribution in [2.24, 2.45) is 0 Å². The van der Waals surface area contributed by atoms with Crippen LogP contribution in [0, 0.1) is 13.8 Å². The average Bonchev–Trinajstić information content (AvgIpc) is 2.83. The molecule has 0 N–H and O–H groups in total. The first kappa shape index (κ1) is 23.0. The average molecular weight is 398 g/mol. The minimum atomic E-state index is 0.687. The highest BCUT2D eigenvalue weighted by Gasteiger charge is 2.11. The maximum Gasteiger partial charge on any atom is 0.164 e. The van der Waals surface area contributed by atoms with Crippen LogP contribution in [0.1, 0.15) is 38.8 Å². The number of hydrogen-bond donors (Lipinski definition) is 0. The Labute approximate surface area is 180 Å². The lowest BCUT2D eigenvalue weighted by atomic mass is 10.1. The minimum Gasteiger partial charge on any atom is -0.208 e. The summed E-state index contributed by atoms with van der Waals surface area (Å²) >= 11 is 0. The summed E-state index contributed by atoms with van der Waals surface area (Å²) in [4.78, 5) is 14.2. The van der Waals surface area contributed by atoms with Crippen molar-refractivity contribution in [3.63, 3.8) is 0 Å². The van der Waals surface area contributed by atoms with Gasteiger partial charge in [0.2, 0.25) is 0 Å². The minimum absolute atomic E-state index is 0.687. The molecule has 0 unspecified atom stereocenters. The van der Waals surface area contributed by atoms with E-state index in [9.17, 15) is 0 Å². The Morgan fingerprint density at radius 1 is 0.400 bits per heavy atom. The second-order valence-corrected chi connectivity index (χ2v) is 6.40. The van der Waals surface area contributed by atoms with Crippen LogP contribution < -0.4 is 0 Å². The Balaban J connectivity index is 0.000000757. The van der Waals surface area contributed by atoms with Gasteiger partial charge < -0.3 is 0 Å². The Morgan fingerprint density at radius 2 is 0.700 bits per heavy atom. The number of hydrogen-bond acceptors (Lipinski definition) is 3. The summed E-state index contributed by atoms with van der Waals surface area (Å²) in [5, 5.41) is 0. The first-order valence-electron chi connectivity index (χ1n) is 10.6. The van der Waals surface area contributed by atoms with Crippen molar-refractivity contribution in [1.82, 2.24) is 15.0 Å². The van der Waals surface area contributed by atoms with Gasteiger partial charge in [0.25, 0.3) is 0 Å². The van der Waals surface area contributed by atoms with Gasteiger partial charge in [-0.05, 0) is 13.8 Å². The summed E-state index contributed by atoms with van der Waals surface area (Å²) in [6.07, 6.45) is 0. The maximum absolute atomic E-state index is 4.74.